The van der Waals surface area contributed by atoms with Crippen molar-refractivity contribution in [3.8, 4) is 17.2 Å². The van der Waals surface area contributed by atoms with E-state index in [0.29, 0.717) is 57.5 Å². The average Bonchev–Trinajstić information content (AvgIpc) is 2.91. The van der Waals surface area contributed by atoms with Crippen molar-refractivity contribution in [2.45, 2.75) is 33.2 Å². The number of rotatable bonds is 8. The summed E-state index contributed by atoms with van der Waals surface area (Å²) in [5.74, 6) is 1.26. The maximum absolute atomic E-state index is 13.9. The normalized spacial score (nSPS) is 11.8. The molecule has 0 fully saturated rings. The van der Waals surface area contributed by atoms with Gasteiger partial charge in [-0.3, -0.25) is 14.2 Å². The Hall–Kier alpha value is -3.84. The second-order valence-corrected chi connectivity index (χ2v) is 9.32. The van der Waals surface area contributed by atoms with Gasteiger partial charge in [0.15, 0.2) is 0 Å². The lowest BCUT2D eigenvalue weighted by molar-refractivity contribution is 0.0680. The molecule has 4 aromatic rings. The van der Waals surface area contributed by atoms with Gasteiger partial charge in [0.1, 0.15) is 17.3 Å². The highest BCUT2D eigenvalue weighted by molar-refractivity contribution is 6.31. The quantitative estimate of drug-likeness (QED) is 0.286. The molecule has 0 spiro atoms. The number of carbonyl (C=O) groups is 1. The van der Waals surface area contributed by atoms with Crippen molar-refractivity contribution in [2.24, 2.45) is 0 Å². The molecule has 192 valence electrons. The Labute approximate surface area is 221 Å². The van der Waals surface area contributed by atoms with E-state index in [0.717, 1.165) is 5.56 Å². The zero-order chi connectivity index (χ0) is 26.7. The summed E-state index contributed by atoms with van der Waals surface area (Å²) in [4.78, 5) is 34.2. The SMILES string of the molecule is CCCN(C(=O)c1cc(OC)cc(OC)c1)C(C)c1nc2cc(Cl)ccc2c(=O)n1-c1ccc(C)cc1. The van der Waals surface area contributed by atoms with E-state index in [-0.39, 0.29) is 11.5 Å². The molecule has 0 bridgehead atoms. The molecule has 7 nitrogen and oxygen atoms in total. The molecule has 0 aliphatic heterocycles. The van der Waals surface area contributed by atoms with Crippen molar-refractivity contribution >= 4 is 28.4 Å². The van der Waals surface area contributed by atoms with Gasteiger partial charge in [-0.25, -0.2) is 4.98 Å². The maximum Gasteiger partial charge on any atom is 0.266 e. The van der Waals surface area contributed by atoms with Gasteiger partial charge >= 0.3 is 0 Å². The summed E-state index contributed by atoms with van der Waals surface area (Å²) < 4.78 is 12.3. The smallest absolute Gasteiger partial charge is 0.266 e. The Morgan fingerprint density at radius 1 is 1.03 bits per heavy atom. The predicted molar refractivity (Wildman–Crippen MR) is 146 cm³/mol. The third-order valence-electron chi connectivity index (χ3n) is 6.31. The highest BCUT2D eigenvalue weighted by Gasteiger charge is 2.28. The monoisotopic (exact) mass is 519 g/mol. The minimum atomic E-state index is -0.540. The molecular weight excluding hydrogens is 490 g/mol. The average molecular weight is 520 g/mol. The third kappa shape index (κ3) is 5.32. The first-order valence-electron chi connectivity index (χ1n) is 12.1. The summed E-state index contributed by atoms with van der Waals surface area (Å²) in [7, 11) is 3.08. The molecule has 0 saturated carbocycles. The summed E-state index contributed by atoms with van der Waals surface area (Å²) >= 11 is 6.24. The number of nitrogens with zero attached hydrogens (tertiary/aromatic N) is 3. The number of hydrogen-bond donors (Lipinski definition) is 0. The third-order valence-corrected chi connectivity index (χ3v) is 6.55. The summed E-state index contributed by atoms with van der Waals surface area (Å²) in [5.41, 5.74) is 2.42. The molecule has 1 heterocycles. The molecule has 0 saturated heterocycles. The van der Waals surface area contributed by atoms with Gasteiger partial charge in [0.2, 0.25) is 0 Å². The largest absolute Gasteiger partial charge is 0.497 e. The fourth-order valence-corrected chi connectivity index (χ4v) is 4.51. The van der Waals surface area contributed by atoms with Gasteiger partial charge in [0.05, 0.1) is 36.9 Å². The zero-order valence-corrected chi connectivity index (χ0v) is 22.4. The molecule has 3 aromatic carbocycles. The van der Waals surface area contributed by atoms with E-state index in [1.807, 2.05) is 45.0 Å². The van der Waals surface area contributed by atoms with E-state index in [4.69, 9.17) is 26.1 Å². The number of amides is 1. The van der Waals surface area contributed by atoms with Crippen molar-refractivity contribution < 1.29 is 14.3 Å². The Bertz CT molecular complexity index is 1480. The molecule has 1 amide bonds. The van der Waals surface area contributed by atoms with Crippen LogP contribution in [0.15, 0.2) is 65.5 Å². The minimum Gasteiger partial charge on any atom is -0.497 e. The number of aromatic nitrogens is 2. The van der Waals surface area contributed by atoms with Crippen LogP contribution in [-0.4, -0.2) is 41.1 Å². The second kappa shape index (κ2) is 11.0. The van der Waals surface area contributed by atoms with E-state index in [2.05, 4.69) is 0 Å². The lowest BCUT2D eigenvalue weighted by Gasteiger charge is -2.30. The molecule has 37 heavy (non-hydrogen) atoms. The molecule has 1 unspecified atom stereocenters. The first kappa shape index (κ1) is 26.2. The van der Waals surface area contributed by atoms with Crippen LogP contribution in [0.3, 0.4) is 0 Å². The van der Waals surface area contributed by atoms with Crippen LogP contribution in [-0.2, 0) is 0 Å². The number of methoxy groups -OCH3 is 2. The lowest BCUT2D eigenvalue weighted by atomic mass is 10.1. The fraction of sp³-hybridized carbons (Fsp3) is 0.276. The summed E-state index contributed by atoms with van der Waals surface area (Å²) in [5, 5.41) is 0.933. The van der Waals surface area contributed by atoms with Gasteiger partial charge in [-0.1, -0.05) is 36.2 Å². The van der Waals surface area contributed by atoms with Crippen LogP contribution in [0.4, 0.5) is 0 Å². The maximum atomic E-state index is 13.9. The Morgan fingerprint density at radius 2 is 1.68 bits per heavy atom. The number of hydrogen-bond acceptors (Lipinski definition) is 5. The minimum absolute atomic E-state index is 0.220. The molecule has 0 N–H and O–H groups in total. The standard InChI is InChI=1S/C29H30ClN3O4/c1-6-13-32(28(34)20-14-23(36-4)17-24(15-20)37-5)19(3)27-31-26-16-21(30)9-12-25(26)29(35)33(27)22-10-7-18(2)8-11-22/h7-12,14-17,19H,6,13H2,1-5H3. The van der Waals surface area contributed by atoms with E-state index >= 15 is 0 Å². The summed E-state index contributed by atoms with van der Waals surface area (Å²) in [6.07, 6.45) is 0.714. The molecule has 4 rings (SSSR count). The van der Waals surface area contributed by atoms with Crippen LogP contribution in [0.2, 0.25) is 5.02 Å². The van der Waals surface area contributed by atoms with Gasteiger partial charge in [-0.15, -0.1) is 0 Å². The van der Waals surface area contributed by atoms with Crippen LogP contribution in [0.25, 0.3) is 16.6 Å². The number of ether oxygens (including phenoxy) is 2. The molecule has 1 atom stereocenters. The number of carbonyl (C=O) groups excluding carboxylic acids is 1. The van der Waals surface area contributed by atoms with Gasteiger partial charge in [0.25, 0.3) is 11.5 Å². The van der Waals surface area contributed by atoms with Crippen molar-refractivity contribution in [1.82, 2.24) is 14.5 Å². The van der Waals surface area contributed by atoms with Crippen LogP contribution >= 0.6 is 11.6 Å². The van der Waals surface area contributed by atoms with E-state index in [1.165, 1.54) is 0 Å². The molecular formula is C29H30ClN3O4. The zero-order valence-electron chi connectivity index (χ0n) is 21.6. The number of fused-ring (bicyclic) bond motifs is 1. The van der Waals surface area contributed by atoms with Gasteiger partial charge < -0.3 is 14.4 Å². The van der Waals surface area contributed by atoms with Crippen molar-refractivity contribution in [3.63, 3.8) is 0 Å². The van der Waals surface area contributed by atoms with Crippen LogP contribution < -0.4 is 15.0 Å². The second-order valence-electron chi connectivity index (χ2n) is 8.88. The molecule has 1 aromatic heterocycles. The topological polar surface area (TPSA) is 73.7 Å². The molecule has 8 heteroatoms. The fourth-order valence-electron chi connectivity index (χ4n) is 4.35. The van der Waals surface area contributed by atoms with Gasteiger partial charge in [0, 0.05) is 23.2 Å². The first-order chi connectivity index (χ1) is 17.8. The number of halogens is 1. The number of benzene rings is 3. The highest BCUT2D eigenvalue weighted by Crippen LogP contribution is 2.28. The first-order valence-corrected chi connectivity index (χ1v) is 12.5. The Morgan fingerprint density at radius 3 is 2.27 bits per heavy atom. The van der Waals surface area contributed by atoms with Gasteiger partial charge in [-0.2, -0.15) is 0 Å². The van der Waals surface area contributed by atoms with Crippen molar-refractivity contribution in [3.05, 3.63) is 93.0 Å². The predicted octanol–water partition coefficient (Wildman–Crippen LogP) is 5.98. The number of aryl methyl sites for hydroxylation is 1. The van der Waals surface area contributed by atoms with Crippen molar-refractivity contribution in [2.75, 3.05) is 20.8 Å². The molecule has 0 aliphatic rings. The lowest BCUT2D eigenvalue weighted by Crippen LogP contribution is -2.38. The molecule has 0 radical (unpaired) electrons. The van der Waals surface area contributed by atoms with Crippen LogP contribution in [0.5, 0.6) is 11.5 Å². The van der Waals surface area contributed by atoms with Crippen LogP contribution in [0, 0.1) is 6.92 Å². The van der Waals surface area contributed by atoms with Gasteiger partial charge in [-0.05, 0) is 62.7 Å². The van der Waals surface area contributed by atoms with Crippen LogP contribution in [0.1, 0.15) is 48.1 Å². The summed E-state index contributed by atoms with van der Waals surface area (Å²) in [6, 6.07) is 17.2. The van der Waals surface area contributed by atoms with E-state index < -0.39 is 6.04 Å². The van der Waals surface area contributed by atoms with E-state index in [9.17, 15) is 9.59 Å². The molecule has 0 aliphatic carbocycles. The highest BCUT2D eigenvalue weighted by atomic mass is 35.5. The van der Waals surface area contributed by atoms with E-state index in [1.54, 1.807) is 60.1 Å². The Balaban J connectivity index is 1.91. The Kier molecular flexibility index (Phi) is 7.83. The van der Waals surface area contributed by atoms with Crippen molar-refractivity contribution in [1.29, 1.82) is 0 Å². The summed E-state index contributed by atoms with van der Waals surface area (Å²) in [6.45, 7) is 6.32.